The van der Waals surface area contributed by atoms with E-state index in [2.05, 4.69) is 15.1 Å². The highest BCUT2D eigenvalue weighted by atomic mass is 35.5. The molecule has 1 aliphatic heterocycles. The van der Waals surface area contributed by atoms with Gasteiger partial charge in [-0.2, -0.15) is 5.10 Å². The molecule has 158 valence electrons. The molecule has 2 atom stereocenters. The quantitative estimate of drug-likeness (QED) is 0.443. The molecule has 3 aromatic heterocycles. The molecule has 4 heterocycles. The van der Waals surface area contributed by atoms with Crippen LogP contribution in [0.5, 0.6) is 0 Å². The summed E-state index contributed by atoms with van der Waals surface area (Å²) in [5, 5.41) is 4.61. The van der Waals surface area contributed by atoms with E-state index in [1.54, 1.807) is 23.0 Å². The van der Waals surface area contributed by atoms with Crippen LogP contribution < -0.4 is 0 Å². The second kappa shape index (κ2) is 7.98. The van der Waals surface area contributed by atoms with Gasteiger partial charge in [0, 0.05) is 59.4 Å². The first-order valence-electron chi connectivity index (χ1n) is 10.2. The summed E-state index contributed by atoms with van der Waals surface area (Å²) in [7, 11) is 1.89. The standard InChI is InChI=1S/C23H21ClFN5O/c1-13-10-26-22-18(17-4-3-16(24)8-19(17)25)9-20(29-23(22)28-13)14-5-6-31-21(7-14)15-11-27-30(2)12-15/h3-4,8-12,14,21H,5-7H2,1-2H3/t14-,21+/m0/s1. The van der Waals surface area contributed by atoms with Crippen LogP contribution in [-0.4, -0.2) is 31.3 Å². The van der Waals surface area contributed by atoms with Crippen molar-refractivity contribution in [2.24, 2.45) is 7.05 Å². The second-order valence-corrected chi connectivity index (χ2v) is 8.37. The molecule has 5 rings (SSSR count). The molecule has 0 aliphatic carbocycles. The van der Waals surface area contributed by atoms with Crippen molar-refractivity contribution in [3.05, 3.63) is 70.6 Å². The summed E-state index contributed by atoms with van der Waals surface area (Å²) in [5.41, 5.74) is 4.89. The fraction of sp³-hybridized carbons (Fsp3) is 0.304. The van der Waals surface area contributed by atoms with Gasteiger partial charge in [0.05, 0.1) is 18.0 Å². The smallest absolute Gasteiger partial charge is 0.179 e. The Morgan fingerprint density at radius 3 is 2.81 bits per heavy atom. The Morgan fingerprint density at radius 2 is 2.03 bits per heavy atom. The lowest BCUT2D eigenvalue weighted by atomic mass is 9.88. The number of hydrogen-bond donors (Lipinski definition) is 0. The van der Waals surface area contributed by atoms with Crippen LogP contribution in [-0.2, 0) is 11.8 Å². The maximum absolute atomic E-state index is 14.8. The van der Waals surface area contributed by atoms with Gasteiger partial charge in [0.1, 0.15) is 11.3 Å². The van der Waals surface area contributed by atoms with Crippen molar-refractivity contribution in [1.29, 1.82) is 0 Å². The number of rotatable bonds is 3. The van der Waals surface area contributed by atoms with Gasteiger partial charge in [-0.25, -0.2) is 14.4 Å². The Morgan fingerprint density at radius 1 is 1.16 bits per heavy atom. The summed E-state index contributed by atoms with van der Waals surface area (Å²) in [5.74, 6) is -0.242. The lowest BCUT2D eigenvalue weighted by molar-refractivity contribution is 0.00465. The third-order valence-corrected chi connectivity index (χ3v) is 5.91. The van der Waals surface area contributed by atoms with Crippen molar-refractivity contribution in [3.63, 3.8) is 0 Å². The molecule has 1 fully saturated rings. The van der Waals surface area contributed by atoms with Crippen LogP contribution >= 0.6 is 11.6 Å². The minimum absolute atomic E-state index is 0.0516. The molecule has 31 heavy (non-hydrogen) atoms. The molecule has 8 heteroatoms. The highest BCUT2D eigenvalue weighted by molar-refractivity contribution is 6.30. The zero-order valence-electron chi connectivity index (χ0n) is 17.2. The molecule has 0 amide bonds. The first-order chi connectivity index (χ1) is 15.0. The van der Waals surface area contributed by atoms with Gasteiger partial charge in [-0.3, -0.25) is 9.67 Å². The third-order valence-electron chi connectivity index (χ3n) is 5.68. The average molecular weight is 438 g/mol. The van der Waals surface area contributed by atoms with Crippen LogP contribution in [0.2, 0.25) is 5.02 Å². The van der Waals surface area contributed by atoms with Crippen LogP contribution in [0.3, 0.4) is 0 Å². The number of fused-ring (bicyclic) bond motifs is 1. The van der Waals surface area contributed by atoms with Crippen molar-refractivity contribution in [3.8, 4) is 11.1 Å². The van der Waals surface area contributed by atoms with E-state index in [1.807, 2.05) is 32.4 Å². The Bertz CT molecular complexity index is 1270. The van der Waals surface area contributed by atoms with Crippen molar-refractivity contribution >= 4 is 22.8 Å². The minimum Gasteiger partial charge on any atom is -0.373 e. The molecule has 6 nitrogen and oxygen atoms in total. The largest absolute Gasteiger partial charge is 0.373 e. The molecule has 0 saturated carbocycles. The fourth-order valence-corrected chi connectivity index (χ4v) is 4.29. The van der Waals surface area contributed by atoms with Crippen LogP contribution in [0, 0.1) is 12.7 Å². The van der Waals surface area contributed by atoms with Gasteiger partial charge in [-0.05, 0) is 44.0 Å². The van der Waals surface area contributed by atoms with Gasteiger partial charge in [0.2, 0.25) is 0 Å². The topological polar surface area (TPSA) is 65.7 Å². The maximum Gasteiger partial charge on any atom is 0.179 e. The predicted molar refractivity (Wildman–Crippen MR) is 116 cm³/mol. The van der Waals surface area contributed by atoms with Crippen LogP contribution in [0.15, 0.2) is 42.9 Å². The van der Waals surface area contributed by atoms with Crippen molar-refractivity contribution in [2.75, 3.05) is 6.61 Å². The van der Waals surface area contributed by atoms with E-state index in [9.17, 15) is 4.39 Å². The summed E-state index contributed by atoms with van der Waals surface area (Å²) in [6.45, 7) is 2.49. The van der Waals surface area contributed by atoms with Crippen LogP contribution in [0.1, 0.15) is 41.8 Å². The van der Waals surface area contributed by atoms with Gasteiger partial charge in [0.15, 0.2) is 5.65 Å². The predicted octanol–water partition coefficient (Wildman–Crippen LogP) is 5.16. The van der Waals surface area contributed by atoms with E-state index in [1.165, 1.54) is 6.07 Å². The number of aryl methyl sites for hydroxylation is 2. The molecule has 0 N–H and O–H groups in total. The van der Waals surface area contributed by atoms with Crippen LogP contribution in [0.25, 0.3) is 22.3 Å². The maximum atomic E-state index is 14.8. The summed E-state index contributed by atoms with van der Waals surface area (Å²) in [6, 6.07) is 6.62. The minimum atomic E-state index is -0.395. The third kappa shape index (κ3) is 3.91. The molecule has 1 aromatic carbocycles. The molecule has 0 unspecified atom stereocenters. The highest BCUT2D eigenvalue weighted by Gasteiger charge is 2.28. The summed E-state index contributed by atoms with van der Waals surface area (Å²) in [4.78, 5) is 13.9. The van der Waals surface area contributed by atoms with Gasteiger partial charge in [-0.1, -0.05) is 11.6 Å². The number of ether oxygens (including phenoxy) is 1. The number of nitrogens with zero attached hydrogens (tertiary/aromatic N) is 5. The van der Waals surface area contributed by atoms with Crippen molar-refractivity contribution < 1.29 is 9.13 Å². The first kappa shape index (κ1) is 20.0. The molecule has 4 aromatic rings. The van der Waals surface area contributed by atoms with Gasteiger partial charge in [0.25, 0.3) is 0 Å². The lowest BCUT2D eigenvalue weighted by Gasteiger charge is -2.29. The highest BCUT2D eigenvalue weighted by Crippen LogP contribution is 2.39. The van der Waals surface area contributed by atoms with Crippen LogP contribution in [0.4, 0.5) is 4.39 Å². The Kier molecular flexibility index (Phi) is 5.16. The number of hydrogen-bond acceptors (Lipinski definition) is 5. The molecule has 0 radical (unpaired) electrons. The van der Waals surface area contributed by atoms with E-state index >= 15 is 0 Å². The molecule has 0 bridgehead atoms. The second-order valence-electron chi connectivity index (χ2n) is 7.93. The SMILES string of the molecule is Cc1cnc2c(-c3ccc(Cl)cc3F)cc([C@H]3CCO[C@@H](c4cnn(C)c4)C3)nc2n1. The summed E-state index contributed by atoms with van der Waals surface area (Å²) in [6.07, 6.45) is 7.04. The first-order valence-corrected chi connectivity index (χ1v) is 10.6. The summed E-state index contributed by atoms with van der Waals surface area (Å²) >= 11 is 5.97. The van der Waals surface area contributed by atoms with Crippen molar-refractivity contribution in [2.45, 2.75) is 31.8 Å². The van der Waals surface area contributed by atoms with E-state index in [0.29, 0.717) is 33.9 Å². The van der Waals surface area contributed by atoms with E-state index < -0.39 is 5.82 Å². The van der Waals surface area contributed by atoms with Gasteiger partial charge < -0.3 is 4.74 Å². The summed E-state index contributed by atoms with van der Waals surface area (Å²) < 4.78 is 22.6. The molecule has 1 saturated heterocycles. The normalized spacial score (nSPS) is 19.1. The van der Waals surface area contributed by atoms with E-state index in [-0.39, 0.29) is 12.0 Å². The van der Waals surface area contributed by atoms with Gasteiger partial charge >= 0.3 is 0 Å². The van der Waals surface area contributed by atoms with Gasteiger partial charge in [-0.15, -0.1) is 0 Å². The fourth-order valence-electron chi connectivity index (χ4n) is 4.13. The monoisotopic (exact) mass is 437 g/mol. The Labute approximate surface area is 184 Å². The Balaban J connectivity index is 1.60. The number of pyridine rings is 1. The number of aromatic nitrogens is 5. The lowest BCUT2D eigenvalue weighted by Crippen LogP contribution is -2.19. The number of halogens is 2. The molecule has 0 spiro atoms. The molecular weight excluding hydrogens is 417 g/mol. The zero-order valence-corrected chi connectivity index (χ0v) is 18.0. The number of benzene rings is 1. The van der Waals surface area contributed by atoms with E-state index in [4.69, 9.17) is 21.3 Å². The Hall–Kier alpha value is -2.90. The zero-order chi connectivity index (χ0) is 21.5. The molecule has 1 aliphatic rings. The van der Waals surface area contributed by atoms with Crippen molar-refractivity contribution in [1.82, 2.24) is 24.7 Å². The molecular formula is C23H21ClFN5O. The van der Waals surface area contributed by atoms with E-state index in [0.717, 1.165) is 29.8 Å². The average Bonchev–Trinajstić information content (AvgIpc) is 3.19.